The summed E-state index contributed by atoms with van der Waals surface area (Å²) in [5.41, 5.74) is 6.92. The molecule has 0 atom stereocenters. The van der Waals surface area contributed by atoms with Crippen LogP contribution in [0.25, 0.3) is 50.3 Å². The predicted octanol–water partition coefficient (Wildman–Crippen LogP) is 6.92. The van der Waals surface area contributed by atoms with Crippen LogP contribution in [0.2, 0.25) is 5.02 Å². The molecule has 0 fully saturated rings. The van der Waals surface area contributed by atoms with Crippen molar-refractivity contribution in [2.24, 2.45) is 0 Å². The van der Waals surface area contributed by atoms with Gasteiger partial charge in [-0.05, 0) is 80.9 Å². The van der Waals surface area contributed by atoms with Crippen LogP contribution in [-0.4, -0.2) is 46.3 Å². The van der Waals surface area contributed by atoms with E-state index in [4.69, 9.17) is 32.0 Å². The molecule has 8 rings (SSSR count). The van der Waals surface area contributed by atoms with Crippen molar-refractivity contribution in [3.63, 3.8) is 0 Å². The zero-order chi connectivity index (χ0) is 38.0. The van der Waals surface area contributed by atoms with Crippen LogP contribution >= 0.6 is 23.2 Å². The Labute approximate surface area is 422 Å². The smallest absolute Gasteiger partial charge is 0.412 e. The number of aromatic nitrogens is 6. The number of fused-ring (bicyclic) bond motifs is 4. The fraction of sp³-hybridized carbons (Fsp3) is 0.158. The van der Waals surface area contributed by atoms with Gasteiger partial charge in [-0.1, -0.05) is 67.1 Å². The molecule has 57 heavy (non-hydrogen) atoms. The molecule has 8 aromatic rings. The third-order valence-electron chi connectivity index (χ3n) is 6.61. The maximum atomic E-state index is 11.3. The largest absolute Gasteiger partial charge is 0.417 e. The number of alkyl halides is 1. The number of hydrogen-bond donors (Lipinski definition) is 5. The number of hydrogen-bond acceptors (Lipinski definition) is 6. The van der Waals surface area contributed by atoms with Gasteiger partial charge in [0.2, 0.25) is 0 Å². The summed E-state index contributed by atoms with van der Waals surface area (Å²) in [5.74, 6) is -0.144. The molecule has 304 valence electrons. The van der Waals surface area contributed by atoms with E-state index in [9.17, 15) is 19.2 Å². The summed E-state index contributed by atoms with van der Waals surface area (Å²) >= 11 is 10.7. The molecule has 19 heteroatoms. The second-order valence-corrected chi connectivity index (χ2v) is 11.4. The van der Waals surface area contributed by atoms with Crippen molar-refractivity contribution in [3.05, 3.63) is 156 Å². The molecular formula is C38H44Ac2Cl2N6O8Pd. The third kappa shape index (κ3) is 19.0. The first-order valence-electron chi connectivity index (χ1n) is 16.1. The number of oxazole rings is 2. The quantitative estimate of drug-likeness (QED) is 0.0699. The molecule has 14 nitrogen and oxygen atoms in total. The molecular weight excluding hydrogens is 1300 g/mol. The van der Waals surface area contributed by atoms with E-state index in [0.29, 0.717) is 28.3 Å². The first-order valence-corrected chi connectivity index (χ1v) is 17.0. The van der Waals surface area contributed by atoms with Crippen LogP contribution < -0.4 is 22.9 Å². The number of nitrogens with zero attached hydrogens (tertiary/aromatic N) is 1. The number of rotatable bonds is 2. The van der Waals surface area contributed by atoms with Gasteiger partial charge in [0.15, 0.2) is 11.2 Å². The Kier molecular flexibility index (Phi) is 32.4. The van der Waals surface area contributed by atoms with Crippen molar-refractivity contribution in [2.45, 2.75) is 34.2 Å². The molecule has 9 N–H and O–H groups in total. The first-order chi connectivity index (χ1) is 25.1. The predicted molar refractivity (Wildman–Crippen MR) is 220 cm³/mol. The van der Waals surface area contributed by atoms with Crippen molar-refractivity contribution in [2.75, 3.05) is 5.88 Å². The van der Waals surface area contributed by atoms with E-state index in [0.717, 1.165) is 39.0 Å². The summed E-state index contributed by atoms with van der Waals surface area (Å²) in [4.78, 5) is 56.6. The number of H-pyrrole nitrogens is 5. The van der Waals surface area contributed by atoms with E-state index in [2.05, 4.69) is 31.5 Å². The van der Waals surface area contributed by atoms with E-state index in [1.54, 1.807) is 28.8 Å². The molecule has 4 aromatic heterocycles. The molecule has 4 aromatic carbocycles. The summed E-state index contributed by atoms with van der Waals surface area (Å²) < 4.78 is 11.4. The minimum absolute atomic E-state index is 0. The summed E-state index contributed by atoms with van der Waals surface area (Å²) in [7, 11) is 0. The number of para-hydroxylation sites is 4. The van der Waals surface area contributed by atoms with Crippen molar-refractivity contribution >= 4 is 73.5 Å². The van der Waals surface area contributed by atoms with Gasteiger partial charge in [-0.15, -0.1) is 18.2 Å². The monoisotopic (exact) mass is 1340 g/mol. The van der Waals surface area contributed by atoms with Gasteiger partial charge >= 0.3 is 22.9 Å². The summed E-state index contributed by atoms with van der Waals surface area (Å²) in [6, 6.07) is 25.7. The molecule has 0 amide bonds. The van der Waals surface area contributed by atoms with Crippen LogP contribution in [0.5, 0.6) is 0 Å². The maximum absolute atomic E-state index is 11.3. The number of aryl methyl sites for hydroxylation is 1. The molecule has 0 aliphatic rings. The van der Waals surface area contributed by atoms with E-state index in [1.807, 2.05) is 107 Å². The van der Waals surface area contributed by atoms with Crippen LogP contribution in [0.4, 0.5) is 0 Å². The van der Waals surface area contributed by atoms with E-state index >= 15 is 0 Å². The van der Waals surface area contributed by atoms with Crippen LogP contribution in [0.3, 0.4) is 0 Å². The molecule has 0 unspecified atom stereocenters. The zero-order valence-electron chi connectivity index (χ0n) is 31.6. The van der Waals surface area contributed by atoms with Crippen molar-refractivity contribution in [1.29, 1.82) is 0 Å². The topological polar surface area (TPSA) is 241 Å². The Hall–Kier alpha value is -2.51. The molecule has 0 aliphatic heterocycles. The van der Waals surface area contributed by atoms with Gasteiger partial charge in [0.05, 0.1) is 33.1 Å². The fourth-order valence-corrected chi connectivity index (χ4v) is 4.75. The number of halogens is 2. The number of nitrogens with one attached hydrogen (secondary N) is 5. The van der Waals surface area contributed by atoms with Gasteiger partial charge in [0.1, 0.15) is 0 Å². The van der Waals surface area contributed by atoms with Gasteiger partial charge in [-0.3, -0.25) is 14.5 Å². The second-order valence-electron chi connectivity index (χ2n) is 10.4. The van der Waals surface area contributed by atoms with Crippen molar-refractivity contribution in [3.8, 4) is 0 Å². The van der Waals surface area contributed by atoms with Gasteiger partial charge in [0.25, 0.3) is 0 Å². The molecule has 0 bridgehead atoms. The molecule has 0 aliphatic carbocycles. The molecule has 0 saturated carbocycles. The Morgan fingerprint density at radius 3 is 1.74 bits per heavy atom. The molecule has 0 spiro atoms. The number of allylic oxidation sites excluding steroid dienone is 2. The van der Waals surface area contributed by atoms with Crippen LogP contribution in [-0.2, 0) is 27.0 Å². The van der Waals surface area contributed by atoms with Crippen LogP contribution in [0.1, 0.15) is 33.3 Å². The molecule has 2 radical (unpaired) electrons. The van der Waals surface area contributed by atoms with E-state index in [-0.39, 0.29) is 131 Å². The number of aromatic amines is 5. The van der Waals surface area contributed by atoms with Gasteiger partial charge in [0, 0.05) is 126 Å². The third-order valence-corrected chi connectivity index (χ3v) is 6.84. The fourth-order valence-electron chi connectivity index (χ4n) is 4.58. The summed E-state index contributed by atoms with van der Waals surface area (Å²) in [6.45, 7) is 11.8. The minimum atomic E-state index is -0.456. The zero-order valence-corrected chi connectivity index (χ0v) is 44.1. The van der Waals surface area contributed by atoms with Crippen molar-refractivity contribution < 1.29 is 128 Å². The van der Waals surface area contributed by atoms with E-state index < -0.39 is 11.5 Å². The minimum Gasteiger partial charge on any atom is -0.412 e. The number of imidazole rings is 2. The Balaban J connectivity index is -0.000000635. The van der Waals surface area contributed by atoms with Gasteiger partial charge < -0.3 is 34.7 Å². The average molecular weight is 1340 g/mol. The molecule has 4 heterocycles. The van der Waals surface area contributed by atoms with Crippen molar-refractivity contribution in [1.82, 2.24) is 29.5 Å². The maximum Gasteiger partial charge on any atom is 0.417 e. The van der Waals surface area contributed by atoms with Crippen LogP contribution in [0.15, 0.2) is 132 Å². The summed E-state index contributed by atoms with van der Waals surface area (Å²) in [5, 5.41) is 0.578. The number of benzene rings is 4. The normalized spacial score (nSPS) is 9.30. The second kappa shape index (κ2) is 31.4. The summed E-state index contributed by atoms with van der Waals surface area (Å²) in [6.07, 6.45) is 5.64. The first kappa shape index (κ1) is 58.8. The average Bonchev–Trinajstić information content (AvgIpc) is 3.87. The Morgan fingerprint density at radius 1 is 0.684 bits per heavy atom. The van der Waals surface area contributed by atoms with E-state index in [1.165, 1.54) is 0 Å². The standard InChI is InChI=1S/C10H9NO2.C9H10N2O.C7H4ClNO2.C7H6N2O.C3H6.C2H5Cl.2Ac.2H2O.Pd/c1-2-3-7-4-5-8-9(6-7)13-10(12)11-8;1-2-11-8-6-4-3-5-7(8)10-9(11)12;8-4-1-2-6-5(3-4)9-7(10)11-6;10-7-8-5-3-1-2-4-6(5)9-7;1-3-2;1-2-3;;;;;/h2-6H,1H3,(H,11,12);3-6H,2H2,1H3,(H,10,12);1-3H,(H,9,10);1-4H,(H2,8,9,10);3H,1H2,2H3;2H2,1H3;;;2*1H2;/b3-2+;;;;;;;;;;. The Bertz CT molecular complexity index is 2570. The Morgan fingerprint density at radius 2 is 1.19 bits per heavy atom. The molecule has 0 saturated heterocycles. The van der Waals surface area contributed by atoms with Gasteiger partial charge in [-0.2, -0.15) is 0 Å². The van der Waals surface area contributed by atoms with Gasteiger partial charge in [-0.25, -0.2) is 19.2 Å². The van der Waals surface area contributed by atoms with Crippen LogP contribution in [0, 0.1) is 88.1 Å². The SMILES string of the molecule is C/C=C/c1ccc2[nH]c(=O)oc2c1.C=CC.CCCl.CCn1c(=O)[nH]c2ccccc21.O.O.O=c1[nH]c2cc(Cl)ccc2o1.O=c1[nH]c2ccccc2[nH]1.[Ac].[Ac].[Pd].